The number of fused-ring (bicyclic) bond motifs is 1. The summed E-state index contributed by atoms with van der Waals surface area (Å²) in [7, 11) is 0. The Balaban J connectivity index is 1.79. The summed E-state index contributed by atoms with van der Waals surface area (Å²) in [5, 5.41) is 0. The van der Waals surface area contributed by atoms with Crippen LogP contribution in [-0.2, 0) is 4.79 Å². The summed E-state index contributed by atoms with van der Waals surface area (Å²) in [6, 6.07) is 6.87. The van der Waals surface area contributed by atoms with E-state index in [-0.39, 0.29) is 17.7 Å². The Morgan fingerprint density at radius 3 is 2.25 bits per heavy atom. The van der Waals surface area contributed by atoms with Crippen LogP contribution in [0.25, 0.3) is 0 Å². The number of carbonyl (C=O) groups is 3. The highest BCUT2D eigenvalue weighted by molar-refractivity contribution is 7.99. The quantitative estimate of drug-likeness (QED) is 0.606. The largest absolute Gasteiger partial charge is 0.370 e. The zero-order chi connectivity index (χ0) is 14.5. The van der Waals surface area contributed by atoms with Crippen LogP contribution in [0.3, 0.4) is 0 Å². The van der Waals surface area contributed by atoms with E-state index in [2.05, 4.69) is 0 Å². The highest BCUT2D eigenvalue weighted by atomic mass is 32.2. The fraction of sp³-hybridized carbons (Fsp3) is 0.357. The molecule has 3 amide bonds. The SMILES string of the molecule is NC(=O)CCSCCCN1C(=O)c2ccccc2C1=O. The molecule has 0 unspecified atom stereocenters. The molecule has 1 aliphatic rings. The number of carbonyl (C=O) groups excluding carboxylic acids is 3. The summed E-state index contributed by atoms with van der Waals surface area (Å²) in [6.45, 7) is 0.413. The second kappa shape index (κ2) is 6.56. The molecule has 1 aromatic carbocycles. The van der Waals surface area contributed by atoms with Crippen molar-refractivity contribution < 1.29 is 14.4 Å². The van der Waals surface area contributed by atoms with Crippen molar-refractivity contribution in [2.24, 2.45) is 5.73 Å². The van der Waals surface area contributed by atoms with Gasteiger partial charge in [0.05, 0.1) is 11.1 Å². The van der Waals surface area contributed by atoms with Crippen molar-refractivity contribution in [1.82, 2.24) is 4.90 Å². The van der Waals surface area contributed by atoms with E-state index in [1.54, 1.807) is 36.0 Å². The zero-order valence-electron chi connectivity index (χ0n) is 11.0. The van der Waals surface area contributed by atoms with Gasteiger partial charge in [-0.3, -0.25) is 19.3 Å². The average molecular weight is 292 g/mol. The van der Waals surface area contributed by atoms with Gasteiger partial charge in [0.1, 0.15) is 0 Å². The van der Waals surface area contributed by atoms with Crippen molar-refractivity contribution in [1.29, 1.82) is 0 Å². The molecule has 20 heavy (non-hydrogen) atoms. The maximum absolute atomic E-state index is 12.1. The number of thioether (sulfide) groups is 1. The van der Waals surface area contributed by atoms with Gasteiger partial charge < -0.3 is 5.73 Å². The molecule has 0 saturated carbocycles. The Labute approximate surface area is 121 Å². The molecular formula is C14H16N2O3S. The van der Waals surface area contributed by atoms with Gasteiger partial charge in [0.25, 0.3) is 11.8 Å². The molecule has 0 bridgehead atoms. The maximum Gasteiger partial charge on any atom is 0.261 e. The molecule has 5 nitrogen and oxygen atoms in total. The highest BCUT2D eigenvalue weighted by Gasteiger charge is 2.34. The smallest absolute Gasteiger partial charge is 0.261 e. The van der Waals surface area contributed by atoms with E-state index in [0.717, 1.165) is 12.2 Å². The molecule has 0 spiro atoms. The first kappa shape index (κ1) is 14.6. The van der Waals surface area contributed by atoms with E-state index >= 15 is 0 Å². The lowest BCUT2D eigenvalue weighted by Crippen LogP contribution is -2.31. The first-order valence-corrected chi connectivity index (χ1v) is 7.58. The molecule has 2 N–H and O–H groups in total. The first-order valence-electron chi connectivity index (χ1n) is 6.42. The Morgan fingerprint density at radius 1 is 1.10 bits per heavy atom. The number of primary amides is 1. The third-order valence-electron chi connectivity index (χ3n) is 3.04. The first-order chi connectivity index (χ1) is 9.61. The van der Waals surface area contributed by atoms with Gasteiger partial charge in [0.2, 0.25) is 5.91 Å². The lowest BCUT2D eigenvalue weighted by molar-refractivity contribution is -0.117. The van der Waals surface area contributed by atoms with E-state index in [1.807, 2.05) is 0 Å². The van der Waals surface area contributed by atoms with Crippen LogP contribution >= 0.6 is 11.8 Å². The molecule has 106 valence electrons. The van der Waals surface area contributed by atoms with Gasteiger partial charge in [-0.1, -0.05) is 12.1 Å². The van der Waals surface area contributed by atoms with Crippen LogP contribution < -0.4 is 5.73 Å². The fourth-order valence-corrected chi connectivity index (χ4v) is 2.92. The Bertz CT molecular complexity index is 510. The molecular weight excluding hydrogens is 276 g/mol. The molecule has 2 rings (SSSR count). The van der Waals surface area contributed by atoms with E-state index in [9.17, 15) is 14.4 Å². The lowest BCUT2D eigenvalue weighted by atomic mass is 10.1. The van der Waals surface area contributed by atoms with Gasteiger partial charge in [0.15, 0.2) is 0 Å². The van der Waals surface area contributed by atoms with Gasteiger partial charge in [-0.05, 0) is 24.3 Å². The van der Waals surface area contributed by atoms with Crippen molar-refractivity contribution >= 4 is 29.5 Å². The summed E-state index contributed by atoms with van der Waals surface area (Å²) < 4.78 is 0. The highest BCUT2D eigenvalue weighted by Crippen LogP contribution is 2.22. The summed E-state index contributed by atoms with van der Waals surface area (Å²) in [5.41, 5.74) is 6.01. The molecule has 0 fully saturated rings. The minimum atomic E-state index is -0.308. The van der Waals surface area contributed by atoms with Crippen molar-refractivity contribution in [3.63, 3.8) is 0 Å². The summed E-state index contributed by atoms with van der Waals surface area (Å²) in [5.74, 6) is 0.733. The van der Waals surface area contributed by atoms with E-state index in [1.165, 1.54) is 4.90 Å². The Morgan fingerprint density at radius 2 is 1.70 bits per heavy atom. The molecule has 0 atom stereocenters. The number of nitrogens with two attached hydrogens (primary N) is 1. The number of hydrogen-bond acceptors (Lipinski definition) is 4. The second-order valence-electron chi connectivity index (χ2n) is 4.49. The lowest BCUT2D eigenvalue weighted by Gasteiger charge is -2.13. The standard InChI is InChI=1S/C14H16N2O3S/c15-12(17)6-9-20-8-3-7-16-13(18)10-4-1-2-5-11(10)14(16)19/h1-2,4-5H,3,6-9H2,(H2,15,17). The van der Waals surface area contributed by atoms with Crippen molar-refractivity contribution in [3.05, 3.63) is 35.4 Å². The number of rotatable bonds is 7. The monoisotopic (exact) mass is 292 g/mol. The second-order valence-corrected chi connectivity index (χ2v) is 5.71. The number of nitrogens with zero attached hydrogens (tertiary/aromatic N) is 1. The number of benzene rings is 1. The van der Waals surface area contributed by atoms with Crippen molar-refractivity contribution in [3.8, 4) is 0 Å². The predicted molar refractivity (Wildman–Crippen MR) is 77.6 cm³/mol. The molecule has 6 heteroatoms. The maximum atomic E-state index is 12.1. The summed E-state index contributed by atoms with van der Waals surface area (Å²) in [6.07, 6.45) is 1.08. The topological polar surface area (TPSA) is 80.5 Å². The third kappa shape index (κ3) is 3.19. The molecule has 0 aliphatic carbocycles. The van der Waals surface area contributed by atoms with Crippen LogP contribution in [0.2, 0.25) is 0 Å². The van der Waals surface area contributed by atoms with Crippen molar-refractivity contribution in [2.75, 3.05) is 18.1 Å². The minimum Gasteiger partial charge on any atom is -0.370 e. The zero-order valence-corrected chi connectivity index (χ0v) is 11.8. The molecule has 1 aliphatic heterocycles. The fourth-order valence-electron chi connectivity index (χ4n) is 2.04. The third-order valence-corrected chi connectivity index (χ3v) is 4.11. The van der Waals surface area contributed by atoms with Crippen LogP contribution in [0.4, 0.5) is 0 Å². The normalized spacial score (nSPS) is 13.7. The van der Waals surface area contributed by atoms with Gasteiger partial charge in [-0.25, -0.2) is 0 Å². The van der Waals surface area contributed by atoms with Crippen molar-refractivity contribution in [2.45, 2.75) is 12.8 Å². The predicted octanol–water partition coefficient (Wildman–Crippen LogP) is 1.28. The van der Waals surface area contributed by atoms with E-state index in [4.69, 9.17) is 5.73 Å². The van der Waals surface area contributed by atoms with E-state index < -0.39 is 0 Å². The van der Waals surface area contributed by atoms with Crippen LogP contribution in [0.1, 0.15) is 33.6 Å². The molecule has 0 saturated heterocycles. The number of hydrogen-bond donors (Lipinski definition) is 1. The van der Waals surface area contributed by atoms with Gasteiger partial charge in [-0.15, -0.1) is 0 Å². The van der Waals surface area contributed by atoms with Gasteiger partial charge in [0, 0.05) is 18.7 Å². The Kier molecular flexibility index (Phi) is 4.79. The molecule has 0 aromatic heterocycles. The average Bonchev–Trinajstić information content (AvgIpc) is 2.67. The van der Waals surface area contributed by atoms with Crippen LogP contribution in [0, 0.1) is 0 Å². The van der Waals surface area contributed by atoms with Gasteiger partial charge in [-0.2, -0.15) is 11.8 Å². The van der Waals surface area contributed by atoms with Crippen LogP contribution in [0.5, 0.6) is 0 Å². The van der Waals surface area contributed by atoms with Crippen LogP contribution in [0.15, 0.2) is 24.3 Å². The number of amides is 3. The molecule has 0 radical (unpaired) electrons. The minimum absolute atomic E-state index is 0.215. The van der Waals surface area contributed by atoms with E-state index in [0.29, 0.717) is 29.8 Å². The molecule has 1 aromatic rings. The summed E-state index contributed by atoms with van der Waals surface area (Å²) in [4.78, 5) is 36.0. The van der Waals surface area contributed by atoms with Crippen LogP contribution in [-0.4, -0.2) is 40.7 Å². The Hall–Kier alpha value is -1.82. The molecule has 1 heterocycles. The summed E-state index contributed by atoms with van der Waals surface area (Å²) >= 11 is 1.60. The van der Waals surface area contributed by atoms with Gasteiger partial charge >= 0.3 is 0 Å². The number of imide groups is 1.